The monoisotopic (exact) mass is 245 g/mol. The van der Waals surface area contributed by atoms with Gasteiger partial charge in [0.05, 0.1) is 18.2 Å². The summed E-state index contributed by atoms with van der Waals surface area (Å²) in [5, 5.41) is 12.3. The maximum absolute atomic E-state index is 8.76. The number of hydrogen-bond acceptors (Lipinski definition) is 4. The van der Waals surface area contributed by atoms with Crippen LogP contribution in [0, 0.1) is 11.3 Å². The zero-order chi connectivity index (χ0) is 12.6. The standard InChI is InChI=1S/C14H19N3O/c15-11-12-6-8-17-14(10-12)18-9-3-5-13-4-1-2-7-16-13/h6,8,10,13,16H,1-5,7,9H2/t13-/m1/s1. The summed E-state index contributed by atoms with van der Waals surface area (Å²) >= 11 is 0. The molecular formula is C14H19N3O. The van der Waals surface area contributed by atoms with Gasteiger partial charge in [-0.15, -0.1) is 0 Å². The van der Waals surface area contributed by atoms with Crippen molar-refractivity contribution >= 4 is 0 Å². The highest BCUT2D eigenvalue weighted by Crippen LogP contribution is 2.13. The number of piperidine rings is 1. The molecule has 4 heteroatoms. The number of pyridine rings is 1. The lowest BCUT2D eigenvalue weighted by molar-refractivity contribution is 0.276. The van der Waals surface area contributed by atoms with Gasteiger partial charge in [0.1, 0.15) is 0 Å². The summed E-state index contributed by atoms with van der Waals surface area (Å²) < 4.78 is 5.55. The fourth-order valence-electron chi connectivity index (χ4n) is 2.23. The third-order valence-electron chi connectivity index (χ3n) is 3.22. The molecule has 0 bridgehead atoms. The van der Waals surface area contributed by atoms with Gasteiger partial charge in [0.25, 0.3) is 0 Å². The van der Waals surface area contributed by atoms with Crippen molar-refractivity contribution in [3.63, 3.8) is 0 Å². The second-order valence-corrected chi connectivity index (χ2v) is 4.63. The SMILES string of the molecule is N#Cc1ccnc(OCCC[C@H]2CCCCN2)c1. The molecule has 0 aromatic carbocycles. The Bertz CT molecular complexity index is 408. The number of nitrogens with zero attached hydrogens (tertiary/aromatic N) is 2. The molecule has 1 N–H and O–H groups in total. The molecule has 1 saturated heterocycles. The van der Waals surface area contributed by atoms with E-state index in [2.05, 4.69) is 16.4 Å². The summed E-state index contributed by atoms with van der Waals surface area (Å²) in [6.07, 6.45) is 7.70. The van der Waals surface area contributed by atoms with Crippen LogP contribution in [0.3, 0.4) is 0 Å². The molecule has 0 spiro atoms. The van der Waals surface area contributed by atoms with Crippen molar-refractivity contribution in [2.75, 3.05) is 13.2 Å². The Balaban J connectivity index is 1.67. The van der Waals surface area contributed by atoms with Gasteiger partial charge in [0.15, 0.2) is 0 Å². The largest absolute Gasteiger partial charge is 0.478 e. The van der Waals surface area contributed by atoms with Gasteiger partial charge in [-0.05, 0) is 38.3 Å². The minimum Gasteiger partial charge on any atom is -0.478 e. The Hall–Kier alpha value is -1.60. The molecule has 0 saturated carbocycles. The molecule has 1 aliphatic rings. The molecule has 0 amide bonds. The van der Waals surface area contributed by atoms with Gasteiger partial charge < -0.3 is 10.1 Å². The van der Waals surface area contributed by atoms with Crippen LogP contribution in [0.4, 0.5) is 0 Å². The molecule has 1 fully saturated rings. The first-order valence-corrected chi connectivity index (χ1v) is 6.61. The molecule has 4 nitrogen and oxygen atoms in total. The normalized spacial score (nSPS) is 19.2. The summed E-state index contributed by atoms with van der Waals surface area (Å²) in [6.45, 7) is 1.82. The van der Waals surface area contributed by atoms with Crippen LogP contribution in [0.2, 0.25) is 0 Å². The maximum atomic E-state index is 8.76. The van der Waals surface area contributed by atoms with Crippen LogP contribution in [0.15, 0.2) is 18.3 Å². The summed E-state index contributed by atoms with van der Waals surface area (Å²) in [5.41, 5.74) is 0.592. The van der Waals surface area contributed by atoms with Crippen molar-refractivity contribution in [1.82, 2.24) is 10.3 Å². The van der Waals surface area contributed by atoms with Gasteiger partial charge in [-0.2, -0.15) is 5.26 Å². The second-order valence-electron chi connectivity index (χ2n) is 4.63. The van der Waals surface area contributed by atoms with Gasteiger partial charge in [-0.3, -0.25) is 0 Å². The van der Waals surface area contributed by atoms with E-state index in [9.17, 15) is 0 Å². The van der Waals surface area contributed by atoms with Crippen molar-refractivity contribution in [2.45, 2.75) is 38.1 Å². The fraction of sp³-hybridized carbons (Fsp3) is 0.571. The Morgan fingerprint density at radius 2 is 2.44 bits per heavy atom. The zero-order valence-corrected chi connectivity index (χ0v) is 10.6. The van der Waals surface area contributed by atoms with Crippen LogP contribution in [0.5, 0.6) is 5.88 Å². The number of hydrogen-bond donors (Lipinski definition) is 1. The molecule has 1 aliphatic heterocycles. The predicted molar refractivity (Wildman–Crippen MR) is 69.3 cm³/mol. The summed E-state index contributed by atoms with van der Waals surface area (Å²) in [4.78, 5) is 4.08. The third kappa shape index (κ3) is 4.01. The number of nitrogens with one attached hydrogen (secondary N) is 1. The first kappa shape index (κ1) is 12.8. The van der Waals surface area contributed by atoms with E-state index in [-0.39, 0.29) is 0 Å². The Morgan fingerprint density at radius 1 is 1.50 bits per heavy atom. The molecule has 0 unspecified atom stereocenters. The molecule has 1 aromatic heterocycles. The first-order chi connectivity index (χ1) is 8.88. The van der Waals surface area contributed by atoms with Crippen LogP contribution >= 0.6 is 0 Å². The lowest BCUT2D eigenvalue weighted by Crippen LogP contribution is -2.34. The van der Waals surface area contributed by atoms with Gasteiger partial charge in [-0.25, -0.2) is 4.98 Å². The van der Waals surface area contributed by atoms with Crippen molar-refractivity contribution in [3.8, 4) is 11.9 Å². The van der Waals surface area contributed by atoms with Crippen LogP contribution < -0.4 is 10.1 Å². The topological polar surface area (TPSA) is 57.9 Å². The smallest absolute Gasteiger partial charge is 0.214 e. The summed E-state index contributed by atoms with van der Waals surface area (Å²) in [7, 11) is 0. The summed E-state index contributed by atoms with van der Waals surface area (Å²) in [5.74, 6) is 0.547. The van der Waals surface area contributed by atoms with Gasteiger partial charge >= 0.3 is 0 Å². The molecule has 0 radical (unpaired) electrons. The minimum atomic E-state index is 0.547. The molecule has 2 rings (SSSR count). The van der Waals surface area contributed by atoms with Gasteiger partial charge in [-0.1, -0.05) is 6.42 Å². The molecule has 1 aromatic rings. The van der Waals surface area contributed by atoms with Crippen LogP contribution in [-0.2, 0) is 0 Å². The van der Waals surface area contributed by atoms with Crippen molar-refractivity contribution in [2.24, 2.45) is 0 Å². The second kappa shape index (κ2) is 6.97. The van der Waals surface area contributed by atoms with Crippen LogP contribution in [-0.4, -0.2) is 24.2 Å². The number of rotatable bonds is 5. The quantitative estimate of drug-likeness (QED) is 0.808. The van der Waals surface area contributed by atoms with Gasteiger partial charge in [0, 0.05) is 18.3 Å². The minimum absolute atomic E-state index is 0.547. The van der Waals surface area contributed by atoms with E-state index >= 15 is 0 Å². The zero-order valence-electron chi connectivity index (χ0n) is 10.6. The highest BCUT2D eigenvalue weighted by Gasteiger charge is 2.11. The van der Waals surface area contributed by atoms with E-state index in [0.29, 0.717) is 24.1 Å². The Labute approximate surface area is 108 Å². The van der Waals surface area contributed by atoms with E-state index in [1.807, 2.05) is 0 Å². The van der Waals surface area contributed by atoms with E-state index < -0.39 is 0 Å². The average Bonchev–Trinajstić information content (AvgIpc) is 2.45. The van der Waals surface area contributed by atoms with Gasteiger partial charge in [0.2, 0.25) is 5.88 Å². The van der Waals surface area contributed by atoms with E-state index in [1.54, 1.807) is 18.3 Å². The highest BCUT2D eigenvalue weighted by atomic mass is 16.5. The van der Waals surface area contributed by atoms with E-state index in [4.69, 9.17) is 10.00 Å². The highest BCUT2D eigenvalue weighted by molar-refractivity contribution is 5.31. The Kier molecular flexibility index (Phi) is 4.98. The molecule has 2 heterocycles. The molecule has 0 aliphatic carbocycles. The molecular weight excluding hydrogens is 226 g/mol. The fourth-order valence-corrected chi connectivity index (χ4v) is 2.23. The van der Waals surface area contributed by atoms with Crippen molar-refractivity contribution < 1.29 is 4.74 Å². The first-order valence-electron chi connectivity index (χ1n) is 6.61. The third-order valence-corrected chi connectivity index (χ3v) is 3.22. The summed E-state index contributed by atoms with van der Waals surface area (Å²) in [6, 6.07) is 6.09. The van der Waals surface area contributed by atoms with E-state index in [0.717, 1.165) is 19.4 Å². The molecule has 18 heavy (non-hydrogen) atoms. The average molecular weight is 245 g/mol. The predicted octanol–water partition coefficient (Wildman–Crippen LogP) is 2.25. The number of ether oxygens (including phenoxy) is 1. The molecule has 1 atom stereocenters. The van der Waals surface area contributed by atoms with Crippen LogP contribution in [0.1, 0.15) is 37.7 Å². The molecule has 96 valence electrons. The number of nitriles is 1. The lowest BCUT2D eigenvalue weighted by Gasteiger charge is -2.23. The lowest BCUT2D eigenvalue weighted by atomic mass is 10.0. The van der Waals surface area contributed by atoms with Crippen molar-refractivity contribution in [3.05, 3.63) is 23.9 Å². The van der Waals surface area contributed by atoms with E-state index in [1.165, 1.54) is 19.3 Å². The Morgan fingerprint density at radius 3 is 3.22 bits per heavy atom. The van der Waals surface area contributed by atoms with Crippen LogP contribution in [0.25, 0.3) is 0 Å². The number of aromatic nitrogens is 1. The van der Waals surface area contributed by atoms with Crippen molar-refractivity contribution in [1.29, 1.82) is 5.26 Å². The maximum Gasteiger partial charge on any atom is 0.214 e.